The number of H-pyrrole nitrogens is 1. The number of hydrogen-bond donors (Lipinski definition) is 3. The Morgan fingerprint density at radius 2 is 1.97 bits per heavy atom. The normalized spacial score (nSPS) is 11.8. The van der Waals surface area contributed by atoms with E-state index in [-0.39, 0.29) is 24.9 Å². The Morgan fingerprint density at radius 3 is 2.68 bits per heavy atom. The number of nitrogens with one attached hydrogen (secondary N) is 3. The number of rotatable bonds is 8. The molecule has 3 N–H and O–H groups in total. The molecule has 0 unspecified atom stereocenters. The molecule has 2 aromatic heterocycles. The number of carbonyl (C=O) groups excluding carboxylic acids is 2. The van der Waals surface area contributed by atoms with Gasteiger partial charge in [-0.05, 0) is 23.6 Å². The number of carbonyl (C=O) groups is 2. The van der Waals surface area contributed by atoms with Gasteiger partial charge >= 0.3 is 6.18 Å². The summed E-state index contributed by atoms with van der Waals surface area (Å²) in [5.41, 5.74) is 2.99. The SMILES string of the molecule is CC(C)c1nocc1C(=O)NCc1nc2ccc(CNC(=O)CCC(F)(F)F)cc2[nH]1. The highest BCUT2D eigenvalue weighted by molar-refractivity contribution is 5.95. The maximum absolute atomic E-state index is 12.4. The van der Waals surface area contributed by atoms with Gasteiger partial charge in [0.2, 0.25) is 5.91 Å². The highest BCUT2D eigenvalue weighted by Gasteiger charge is 2.27. The van der Waals surface area contributed by atoms with Crippen LogP contribution in [-0.2, 0) is 17.9 Å². The topological polar surface area (TPSA) is 113 Å². The summed E-state index contributed by atoms with van der Waals surface area (Å²) in [4.78, 5) is 31.4. The monoisotopic (exact) mass is 437 g/mol. The van der Waals surface area contributed by atoms with Crippen LogP contribution in [0.5, 0.6) is 0 Å². The highest BCUT2D eigenvalue weighted by atomic mass is 19.4. The summed E-state index contributed by atoms with van der Waals surface area (Å²) in [6.45, 7) is 4.07. The predicted octanol–water partition coefficient (Wildman–Crippen LogP) is 3.56. The zero-order valence-electron chi connectivity index (χ0n) is 17.0. The molecule has 0 atom stereocenters. The van der Waals surface area contributed by atoms with Gasteiger partial charge in [0.15, 0.2) is 0 Å². The van der Waals surface area contributed by atoms with E-state index in [4.69, 9.17) is 4.52 Å². The second kappa shape index (κ2) is 9.19. The first-order valence-electron chi connectivity index (χ1n) is 9.66. The van der Waals surface area contributed by atoms with Crippen LogP contribution in [0.4, 0.5) is 13.2 Å². The molecule has 1 aromatic carbocycles. The van der Waals surface area contributed by atoms with E-state index in [1.165, 1.54) is 6.26 Å². The van der Waals surface area contributed by atoms with Gasteiger partial charge in [0.05, 0.1) is 29.7 Å². The van der Waals surface area contributed by atoms with E-state index < -0.39 is 24.9 Å². The van der Waals surface area contributed by atoms with Crippen LogP contribution in [0.1, 0.15) is 60.0 Å². The van der Waals surface area contributed by atoms with Crippen LogP contribution in [0.2, 0.25) is 0 Å². The largest absolute Gasteiger partial charge is 0.389 e. The van der Waals surface area contributed by atoms with Crippen molar-refractivity contribution in [2.45, 2.75) is 51.9 Å². The quantitative estimate of drug-likeness (QED) is 0.499. The summed E-state index contributed by atoms with van der Waals surface area (Å²) >= 11 is 0. The van der Waals surface area contributed by atoms with E-state index in [9.17, 15) is 22.8 Å². The Balaban J connectivity index is 1.57. The molecule has 31 heavy (non-hydrogen) atoms. The van der Waals surface area contributed by atoms with Crippen molar-refractivity contribution in [1.82, 2.24) is 25.8 Å². The standard InChI is InChI=1S/C20H22F3N5O3/c1-11(2)18-13(10-31-28-18)19(30)25-9-16-26-14-4-3-12(7-15(14)27-16)8-24-17(29)5-6-20(21,22)23/h3-4,7,10-11H,5-6,8-9H2,1-2H3,(H,24,29)(H,25,30)(H,26,27). The average Bonchev–Trinajstić information content (AvgIpc) is 3.34. The molecule has 0 radical (unpaired) electrons. The lowest BCUT2D eigenvalue weighted by Gasteiger charge is -2.07. The second-order valence-corrected chi connectivity index (χ2v) is 7.38. The van der Waals surface area contributed by atoms with Crippen molar-refractivity contribution in [3.63, 3.8) is 0 Å². The molecule has 0 saturated carbocycles. The van der Waals surface area contributed by atoms with Crippen LogP contribution in [-0.4, -0.2) is 33.1 Å². The molecule has 3 rings (SSSR count). The Bertz CT molecular complexity index is 1070. The van der Waals surface area contributed by atoms with Crippen LogP contribution in [0.25, 0.3) is 11.0 Å². The molecule has 2 heterocycles. The van der Waals surface area contributed by atoms with Crippen molar-refractivity contribution >= 4 is 22.8 Å². The van der Waals surface area contributed by atoms with Gasteiger partial charge in [-0.3, -0.25) is 9.59 Å². The van der Waals surface area contributed by atoms with E-state index in [1.807, 2.05) is 13.8 Å². The van der Waals surface area contributed by atoms with Crippen molar-refractivity contribution in [3.8, 4) is 0 Å². The number of benzene rings is 1. The first-order chi connectivity index (χ1) is 14.6. The number of nitrogens with zero attached hydrogens (tertiary/aromatic N) is 2. The highest BCUT2D eigenvalue weighted by Crippen LogP contribution is 2.21. The number of halogens is 3. The zero-order chi connectivity index (χ0) is 22.6. The Morgan fingerprint density at radius 1 is 1.19 bits per heavy atom. The molecule has 0 aliphatic heterocycles. The van der Waals surface area contributed by atoms with E-state index >= 15 is 0 Å². The minimum absolute atomic E-state index is 0.0399. The third-order valence-electron chi connectivity index (χ3n) is 4.53. The number of hydrogen-bond acceptors (Lipinski definition) is 5. The number of alkyl halides is 3. The summed E-state index contributed by atoms with van der Waals surface area (Å²) < 4.78 is 41.4. The van der Waals surface area contributed by atoms with E-state index in [0.29, 0.717) is 33.7 Å². The fraction of sp³-hybridized carbons (Fsp3) is 0.400. The molecule has 0 saturated heterocycles. The van der Waals surface area contributed by atoms with E-state index in [0.717, 1.165) is 0 Å². The minimum Gasteiger partial charge on any atom is -0.364 e. The van der Waals surface area contributed by atoms with Gasteiger partial charge in [-0.2, -0.15) is 13.2 Å². The summed E-state index contributed by atoms with van der Waals surface area (Å²) in [5.74, 6) is -0.428. The summed E-state index contributed by atoms with van der Waals surface area (Å²) in [6, 6.07) is 5.20. The zero-order valence-corrected chi connectivity index (χ0v) is 17.0. The lowest BCUT2D eigenvalue weighted by atomic mass is 10.1. The Labute approximate surface area is 175 Å². The molecule has 0 aliphatic rings. The van der Waals surface area contributed by atoms with Crippen LogP contribution >= 0.6 is 0 Å². The average molecular weight is 437 g/mol. The van der Waals surface area contributed by atoms with Crippen molar-refractivity contribution in [2.75, 3.05) is 0 Å². The van der Waals surface area contributed by atoms with Gasteiger partial charge in [0, 0.05) is 13.0 Å². The van der Waals surface area contributed by atoms with Crippen molar-refractivity contribution in [1.29, 1.82) is 0 Å². The third kappa shape index (κ3) is 6.06. The fourth-order valence-corrected chi connectivity index (χ4v) is 2.94. The number of aromatic amines is 1. The number of imidazole rings is 1. The Kier molecular flexibility index (Phi) is 6.62. The van der Waals surface area contributed by atoms with E-state index in [1.54, 1.807) is 18.2 Å². The van der Waals surface area contributed by atoms with Crippen LogP contribution in [0, 0.1) is 0 Å². The number of fused-ring (bicyclic) bond motifs is 1. The van der Waals surface area contributed by atoms with Crippen molar-refractivity contribution in [2.24, 2.45) is 0 Å². The lowest BCUT2D eigenvalue weighted by molar-refractivity contribution is -0.144. The molecule has 0 bridgehead atoms. The van der Waals surface area contributed by atoms with Gasteiger partial charge < -0.3 is 20.1 Å². The molecule has 0 spiro atoms. The second-order valence-electron chi connectivity index (χ2n) is 7.38. The van der Waals surface area contributed by atoms with Crippen LogP contribution in [0.3, 0.4) is 0 Å². The molecular formula is C20H22F3N5O3. The van der Waals surface area contributed by atoms with Gasteiger partial charge in [-0.1, -0.05) is 25.1 Å². The van der Waals surface area contributed by atoms with Crippen LogP contribution < -0.4 is 10.6 Å². The maximum Gasteiger partial charge on any atom is 0.389 e. The molecule has 0 fully saturated rings. The van der Waals surface area contributed by atoms with Crippen LogP contribution in [0.15, 0.2) is 29.0 Å². The summed E-state index contributed by atoms with van der Waals surface area (Å²) in [5, 5.41) is 9.07. The molecule has 3 aromatic rings. The lowest BCUT2D eigenvalue weighted by Crippen LogP contribution is -2.24. The van der Waals surface area contributed by atoms with Gasteiger partial charge in [0.25, 0.3) is 5.91 Å². The molecule has 2 amide bonds. The van der Waals surface area contributed by atoms with Crippen molar-refractivity contribution < 1.29 is 27.3 Å². The van der Waals surface area contributed by atoms with Gasteiger partial charge in [0.1, 0.15) is 17.7 Å². The first kappa shape index (κ1) is 22.3. The third-order valence-corrected chi connectivity index (χ3v) is 4.53. The molecule has 166 valence electrons. The van der Waals surface area contributed by atoms with Gasteiger partial charge in [-0.25, -0.2) is 4.98 Å². The van der Waals surface area contributed by atoms with Gasteiger partial charge in [-0.15, -0.1) is 0 Å². The van der Waals surface area contributed by atoms with Crippen molar-refractivity contribution in [3.05, 3.63) is 47.1 Å². The number of amides is 2. The molecular weight excluding hydrogens is 415 g/mol. The molecule has 11 heteroatoms. The minimum atomic E-state index is -4.36. The fourth-order valence-electron chi connectivity index (χ4n) is 2.94. The van der Waals surface area contributed by atoms with E-state index in [2.05, 4.69) is 25.8 Å². The summed E-state index contributed by atoms with van der Waals surface area (Å²) in [6.07, 6.45) is -4.81. The smallest absolute Gasteiger partial charge is 0.364 e. The molecule has 8 nitrogen and oxygen atoms in total. The predicted molar refractivity (Wildman–Crippen MR) is 105 cm³/mol. The molecule has 0 aliphatic carbocycles. The summed E-state index contributed by atoms with van der Waals surface area (Å²) in [7, 11) is 0. The maximum atomic E-state index is 12.4. The Hall–Kier alpha value is -3.37. The first-order valence-corrected chi connectivity index (χ1v) is 9.66. The number of aromatic nitrogens is 3.